The molecule has 6 nitrogen and oxygen atoms in total. The molecule has 0 saturated carbocycles. The summed E-state index contributed by atoms with van der Waals surface area (Å²) in [6, 6.07) is 16.9. The van der Waals surface area contributed by atoms with E-state index < -0.39 is 11.7 Å². The first-order valence-electron chi connectivity index (χ1n) is 11.4. The first kappa shape index (κ1) is 25.1. The number of ether oxygens (including phenoxy) is 1. The number of aryl methyl sites for hydroxylation is 1. The fourth-order valence-electron chi connectivity index (χ4n) is 4.23. The van der Waals surface area contributed by atoms with Crippen LogP contribution >= 0.6 is 0 Å². The van der Waals surface area contributed by atoms with Crippen molar-refractivity contribution >= 4 is 23.3 Å². The summed E-state index contributed by atoms with van der Waals surface area (Å²) in [5.41, 5.74) is 1.86. The molecule has 1 aliphatic rings. The summed E-state index contributed by atoms with van der Waals surface area (Å²) < 4.78 is 44.7. The molecule has 3 aromatic rings. The van der Waals surface area contributed by atoms with Crippen LogP contribution in [0.15, 0.2) is 66.7 Å². The Labute approximate surface area is 207 Å². The molecule has 0 radical (unpaired) electrons. The third-order valence-corrected chi connectivity index (χ3v) is 5.98. The van der Waals surface area contributed by atoms with E-state index in [1.165, 1.54) is 18.1 Å². The molecule has 188 valence electrons. The highest BCUT2D eigenvalue weighted by molar-refractivity contribution is 6.09. The Hall–Kier alpha value is -4.01. The van der Waals surface area contributed by atoms with Gasteiger partial charge in [0.25, 0.3) is 5.91 Å². The van der Waals surface area contributed by atoms with Gasteiger partial charge in [-0.1, -0.05) is 30.3 Å². The molecule has 1 heterocycles. The molecule has 0 atom stereocenters. The van der Waals surface area contributed by atoms with E-state index >= 15 is 0 Å². The number of carbonyl (C=O) groups is 2. The maximum atomic E-state index is 13.4. The van der Waals surface area contributed by atoms with E-state index in [2.05, 4.69) is 5.32 Å². The Morgan fingerprint density at radius 1 is 1.03 bits per heavy atom. The molecule has 3 aromatic carbocycles. The van der Waals surface area contributed by atoms with E-state index in [0.717, 1.165) is 17.7 Å². The first-order chi connectivity index (χ1) is 17.2. The van der Waals surface area contributed by atoms with Crippen molar-refractivity contribution in [1.29, 1.82) is 0 Å². The number of anilines is 2. The Balaban J connectivity index is 1.58. The topological polar surface area (TPSA) is 61.9 Å². The number of nitrogens with one attached hydrogen (secondary N) is 1. The molecule has 0 bridgehead atoms. The molecular formula is C27H26F3N3O3. The zero-order valence-corrected chi connectivity index (χ0v) is 19.9. The minimum absolute atomic E-state index is 0.0496. The Morgan fingerprint density at radius 3 is 2.56 bits per heavy atom. The van der Waals surface area contributed by atoms with Crippen molar-refractivity contribution in [3.8, 4) is 5.75 Å². The summed E-state index contributed by atoms with van der Waals surface area (Å²) in [5, 5.41) is 2.89. The van der Waals surface area contributed by atoms with Gasteiger partial charge in [0.2, 0.25) is 0 Å². The molecule has 1 N–H and O–H groups in total. The number of amides is 3. The zero-order chi connectivity index (χ0) is 25.9. The van der Waals surface area contributed by atoms with Gasteiger partial charge in [0.15, 0.2) is 0 Å². The average molecular weight is 498 g/mol. The van der Waals surface area contributed by atoms with Gasteiger partial charge in [0, 0.05) is 19.6 Å². The van der Waals surface area contributed by atoms with Crippen LogP contribution in [-0.2, 0) is 12.7 Å². The van der Waals surface area contributed by atoms with Crippen molar-refractivity contribution in [2.75, 3.05) is 30.4 Å². The van der Waals surface area contributed by atoms with Gasteiger partial charge in [0.05, 0.1) is 29.6 Å². The van der Waals surface area contributed by atoms with Crippen LogP contribution in [0.25, 0.3) is 0 Å². The predicted molar refractivity (Wildman–Crippen MR) is 131 cm³/mol. The summed E-state index contributed by atoms with van der Waals surface area (Å²) in [7, 11) is 1.48. The van der Waals surface area contributed by atoms with E-state index in [0.29, 0.717) is 47.8 Å². The average Bonchev–Trinajstić information content (AvgIpc) is 2.85. The van der Waals surface area contributed by atoms with Gasteiger partial charge in [0.1, 0.15) is 5.75 Å². The molecule has 3 amide bonds. The number of carbonyl (C=O) groups excluding carboxylic acids is 2. The third kappa shape index (κ3) is 5.45. The van der Waals surface area contributed by atoms with Crippen molar-refractivity contribution in [2.45, 2.75) is 26.1 Å². The lowest BCUT2D eigenvalue weighted by Gasteiger charge is -2.36. The number of halogens is 3. The largest absolute Gasteiger partial charge is 0.496 e. The monoisotopic (exact) mass is 497 g/mol. The van der Waals surface area contributed by atoms with Crippen molar-refractivity contribution in [1.82, 2.24) is 4.90 Å². The number of rotatable bonds is 6. The molecule has 4 rings (SSSR count). The third-order valence-electron chi connectivity index (χ3n) is 5.98. The van der Waals surface area contributed by atoms with Gasteiger partial charge >= 0.3 is 12.2 Å². The number of hydrogen-bond acceptors (Lipinski definition) is 3. The molecule has 0 aromatic heterocycles. The van der Waals surface area contributed by atoms with Gasteiger partial charge in [-0.15, -0.1) is 0 Å². The number of hydrogen-bond donors (Lipinski definition) is 1. The molecule has 1 saturated heterocycles. The molecule has 9 heteroatoms. The van der Waals surface area contributed by atoms with Crippen LogP contribution in [0, 0.1) is 6.92 Å². The second-order valence-electron chi connectivity index (χ2n) is 8.58. The Morgan fingerprint density at radius 2 is 1.81 bits per heavy atom. The van der Waals surface area contributed by atoms with E-state index in [9.17, 15) is 22.8 Å². The first-order valence-corrected chi connectivity index (χ1v) is 11.4. The zero-order valence-electron chi connectivity index (χ0n) is 19.9. The highest BCUT2D eigenvalue weighted by Crippen LogP contribution is 2.33. The summed E-state index contributed by atoms with van der Waals surface area (Å²) in [6.45, 7) is 2.76. The normalized spacial score (nSPS) is 14.1. The van der Waals surface area contributed by atoms with Crippen LogP contribution in [0.4, 0.5) is 29.3 Å². The molecule has 1 aliphatic heterocycles. The smallest absolute Gasteiger partial charge is 0.416 e. The maximum Gasteiger partial charge on any atom is 0.416 e. The molecule has 0 spiro atoms. The molecule has 0 unspecified atom stereocenters. The number of nitrogens with zero attached hydrogens (tertiary/aromatic N) is 2. The van der Waals surface area contributed by atoms with Crippen molar-refractivity contribution in [3.63, 3.8) is 0 Å². The number of methoxy groups -OCH3 is 1. The number of urea groups is 1. The fourth-order valence-corrected chi connectivity index (χ4v) is 4.23. The van der Waals surface area contributed by atoms with Gasteiger partial charge < -0.3 is 15.0 Å². The van der Waals surface area contributed by atoms with Crippen LogP contribution in [0.1, 0.15) is 33.5 Å². The van der Waals surface area contributed by atoms with Crippen LogP contribution in [0.5, 0.6) is 5.75 Å². The van der Waals surface area contributed by atoms with Crippen molar-refractivity contribution in [2.24, 2.45) is 0 Å². The van der Waals surface area contributed by atoms with Crippen molar-refractivity contribution in [3.05, 3.63) is 89.0 Å². The lowest BCUT2D eigenvalue weighted by molar-refractivity contribution is -0.137. The van der Waals surface area contributed by atoms with E-state index in [-0.39, 0.29) is 18.5 Å². The Kier molecular flexibility index (Phi) is 7.19. The lowest BCUT2D eigenvalue weighted by Crippen LogP contribution is -2.49. The van der Waals surface area contributed by atoms with Gasteiger partial charge in [-0.25, -0.2) is 4.79 Å². The van der Waals surface area contributed by atoms with Crippen LogP contribution in [0.2, 0.25) is 0 Å². The summed E-state index contributed by atoms with van der Waals surface area (Å²) in [6.07, 6.45) is -3.83. The van der Waals surface area contributed by atoms with E-state index in [4.69, 9.17) is 4.74 Å². The number of para-hydroxylation sites is 1. The highest BCUT2D eigenvalue weighted by atomic mass is 19.4. The van der Waals surface area contributed by atoms with Gasteiger partial charge in [-0.3, -0.25) is 9.69 Å². The second-order valence-corrected chi connectivity index (χ2v) is 8.58. The minimum Gasteiger partial charge on any atom is -0.496 e. The second kappa shape index (κ2) is 10.3. The SMILES string of the molecule is COc1ccccc1C(=O)Nc1cc(C)ccc1N1CCCN(Cc2cccc(C(F)(F)F)c2)C1=O. The summed E-state index contributed by atoms with van der Waals surface area (Å²) >= 11 is 0. The lowest BCUT2D eigenvalue weighted by atomic mass is 10.1. The fraction of sp³-hybridized carbons (Fsp3) is 0.259. The molecule has 0 aliphatic carbocycles. The van der Waals surface area contributed by atoms with Gasteiger partial charge in [-0.05, 0) is 60.9 Å². The van der Waals surface area contributed by atoms with Gasteiger partial charge in [-0.2, -0.15) is 13.2 Å². The van der Waals surface area contributed by atoms with Crippen LogP contribution < -0.4 is 15.0 Å². The van der Waals surface area contributed by atoms with Crippen molar-refractivity contribution < 1.29 is 27.5 Å². The highest BCUT2D eigenvalue weighted by Gasteiger charge is 2.32. The Bertz CT molecular complexity index is 1280. The molecular weight excluding hydrogens is 471 g/mol. The minimum atomic E-state index is -4.45. The molecule has 1 fully saturated rings. The van der Waals surface area contributed by atoms with Crippen LogP contribution in [0.3, 0.4) is 0 Å². The summed E-state index contributed by atoms with van der Waals surface area (Å²) in [4.78, 5) is 29.5. The quantitative estimate of drug-likeness (QED) is 0.447. The maximum absolute atomic E-state index is 13.4. The number of alkyl halides is 3. The standard InChI is InChI=1S/C27H26F3N3O3/c1-18-11-12-23(22(15-18)31-25(34)21-9-3-4-10-24(21)36-2)33-14-6-13-32(26(33)35)17-19-7-5-8-20(16-19)27(28,29)30/h3-5,7-12,15-16H,6,13-14,17H2,1-2H3,(H,31,34). The summed E-state index contributed by atoms with van der Waals surface area (Å²) in [5.74, 6) is 0.0371. The molecule has 36 heavy (non-hydrogen) atoms. The number of benzene rings is 3. The van der Waals surface area contributed by atoms with Crippen LogP contribution in [-0.4, -0.2) is 37.0 Å². The van der Waals surface area contributed by atoms with E-state index in [1.54, 1.807) is 47.4 Å². The predicted octanol–water partition coefficient (Wildman–Crippen LogP) is 6.11. The van der Waals surface area contributed by atoms with E-state index in [1.807, 2.05) is 13.0 Å².